The van der Waals surface area contributed by atoms with Crippen molar-refractivity contribution in [3.8, 4) is 0 Å². The minimum absolute atomic E-state index is 0.0305. The van der Waals surface area contributed by atoms with Crippen molar-refractivity contribution < 1.29 is 31.2 Å². The average molecular weight is 433 g/mol. The Kier molecular flexibility index (Phi) is 5.91. The summed E-state index contributed by atoms with van der Waals surface area (Å²) in [4.78, 5) is 25.3. The molecular formula is C18H22F3N3O4S. The number of carbonyl (C=O) groups excluding carboxylic acids is 2. The summed E-state index contributed by atoms with van der Waals surface area (Å²) < 4.78 is 64.4. The number of carbonyl (C=O) groups is 2. The lowest BCUT2D eigenvalue weighted by Gasteiger charge is -2.34. The summed E-state index contributed by atoms with van der Waals surface area (Å²) in [5.74, 6) is -0.134. The highest BCUT2D eigenvalue weighted by Gasteiger charge is 2.39. The molecule has 0 aromatic heterocycles. The summed E-state index contributed by atoms with van der Waals surface area (Å²) >= 11 is 0. The molecule has 2 atom stereocenters. The number of hydrogen-bond acceptors (Lipinski definition) is 4. The third kappa shape index (κ3) is 4.89. The van der Waals surface area contributed by atoms with Crippen LogP contribution < -0.4 is 5.32 Å². The molecule has 2 aliphatic rings. The smallest absolute Gasteiger partial charge is 0.347 e. The number of nitrogens with one attached hydrogen (secondary N) is 1. The van der Waals surface area contributed by atoms with Gasteiger partial charge in [-0.3, -0.25) is 9.59 Å². The third-order valence-corrected chi connectivity index (χ3v) is 7.18. The van der Waals surface area contributed by atoms with E-state index >= 15 is 0 Å². The van der Waals surface area contributed by atoms with Gasteiger partial charge >= 0.3 is 6.18 Å². The fraction of sp³-hybridized carbons (Fsp3) is 0.556. The van der Waals surface area contributed by atoms with Crippen LogP contribution in [0.5, 0.6) is 0 Å². The van der Waals surface area contributed by atoms with Crippen LogP contribution in [0.1, 0.15) is 18.9 Å². The minimum atomic E-state index is -4.54. The van der Waals surface area contributed by atoms with Crippen LogP contribution in [0.3, 0.4) is 0 Å². The predicted octanol–water partition coefficient (Wildman–Crippen LogP) is 1.31. The Balaban J connectivity index is 1.53. The second-order valence-electron chi connectivity index (χ2n) is 7.34. The van der Waals surface area contributed by atoms with Crippen molar-refractivity contribution >= 4 is 21.8 Å². The van der Waals surface area contributed by atoms with Crippen molar-refractivity contribution in [2.24, 2.45) is 11.8 Å². The number of nitrogens with zero attached hydrogens (tertiary/aromatic N) is 2. The molecule has 3 rings (SSSR count). The van der Waals surface area contributed by atoms with E-state index in [4.69, 9.17) is 0 Å². The molecule has 1 aliphatic heterocycles. The van der Waals surface area contributed by atoms with Gasteiger partial charge in [0.25, 0.3) is 0 Å². The van der Waals surface area contributed by atoms with Crippen molar-refractivity contribution in [2.75, 3.05) is 32.7 Å². The molecule has 1 aliphatic carbocycles. The van der Waals surface area contributed by atoms with Gasteiger partial charge in [-0.2, -0.15) is 17.5 Å². The molecule has 0 bridgehead atoms. The van der Waals surface area contributed by atoms with Gasteiger partial charge < -0.3 is 10.2 Å². The van der Waals surface area contributed by atoms with Gasteiger partial charge in [-0.25, -0.2) is 8.42 Å². The van der Waals surface area contributed by atoms with E-state index in [0.29, 0.717) is 5.92 Å². The lowest BCUT2D eigenvalue weighted by molar-refractivity contribution is -0.137. The van der Waals surface area contributed by atoms with Gasteiger partial charge in [0.1, 0.15) is 0 Å². The maximum Gasteiger partial charge on any atom is 0.416 e. The van der Waals surface area contributed by atoms with Crippen LogP contribution in [0, 0.1) is 11.8 Å². The Morgan fingerprint density at radius 2 is 1.66 bits per heavy atom. The second-order valence-corrected chi connectivity index (χ2v) is 9.28. The molecule has 1 saturated heterocycles. The fourth-order valence-corrected chi connectivity index (χ4v) is 4.66. The zero-order chi connectivity index (χ0) is 21.4. The fourth-order valence-electron chi connectivity index (χ4n) is 3.24. The zero-order valence-electron chi connectivity index (χ0n) is 15.8. The lowest BCUT2D eigenvalue weighted by atomic mass is 10.2. The quantitative estimate of drug-likeness (QED) is 0.759. The standard InChI is InChI=1S/C18H22F3N3O4S/c1-12-10-15(12)17(26)22-11-16(25)23-6-8-24(9-7-23)29(27,28)14-4-2-13(3-5-14)18(19,20)21/h2-5,12,15H,6-11H2,1H3,(H,22,26). The normalized spacial score (nSPS) is 23.0. The van der Waals surface area contributed by atoms with Crippen molar-refractivity contribution in [3.05, 3.63) is 29.8 Å². The number of amides is 2. The van der Waals surface area contributed by atoms with E-state index in [-0.39, 0.29) is 55.4 Å². The molecule has 1 heterocycles. The van der Waals surface area contributed by atoms with Gasteiger partial charge in [0.15, 0.2) is 0 Å². The van der Waals surface area contributed by atoms with Crippen LogP contribution >= 0.6 is 0 Å². The number of piperazine rings is 1. The van der Waals surface area contributed by atoms with Crippen molar-refractivity contribution in [1.29, 1.82) is 0 Å². The number of sulfonamides is 1. The molecule has 160 valence electrons. The van der Waals surface area contributed by atoms with E-state index in [1.165, 1.54) is 4.90 Å². The van der Waals surface area contributed by atoms with E-state index in [0.717, 1.165) is 35.0 Å². The van der Waals surface area contributed by atoms with Crippen LogP contribution in [0.25, 0.3) is 0 Å². The first-order chi connectivity index (χ1) is 13.5. The van der Waals surface area contributed by atoms with Gasteiger partial charge in [-0.1, -0.05) is 6.92 Å². The summed E-state index contributed by atoms with van der Waals surface area (Å²) in [5.41, 5.74) is -0.922. The summed E-state index contributed by atoms with van der Waals surface area (Å²) in [6, 6.07) is 3.33. The highest BCUT2D eigenvalue weighted by molar-refractivity contribution is 7.89. The van der Waals surface area contributed by atoms with E-state index in [1.807, 2.05) is 6.92 Å². The first kappa shape index (κ1) is 21.6. The summed E-state index contributed by atoms with van der Waals surface area (Å²) in [6.45, 7) is 2.18. The van der Waals surface area contributed by atoms with E-state index < -0.39 is 21.8 Å². The summed E-state index contributed by atoms with van der Waals surface area (Å²) in [6.07, 6.45) is -3.72. The summed E-state index contributed by atoms with van der Waals surface area (Å²) in [7, 11) is -3.95. The van der Waals surface area contributed by atoms with Gasteiger partial charge in [-0.05, 0) is 36.6 Å². The van der Waals surface area contributed by atoms with Crippen molar-refractivity contribution in [1.82, 2.24) is 14.5 Å². The molecule has 1 N–H and O–H groups in total. The zero-order valence-corrected chi connectivity index (χ0v) is 16.6. The minimum Gasteiger partial charge on any atom is -0.347 e. The Bertz CT molecular complexity index is 879. The van der Waals surface area contributed by atoms with Crippen LogP contribution in [-0.4, -0.2) is 62.2 Å². The molecule has 29 heavy (non-hydrogen) atoms. The Morgan fingerprint density at radius 1 is 1.10 bits per heavy atom. The van der Waals surface area contributed by atoms with Crippen LogP contribution in [-0.2, 0) is 25.8 Å². The molecule has 1 saturated carbocycles. The predicted molar refractivity (Wildman–Crippen MR) is 97.1 cm³/mol. The molecule has 0 spiro atoms. The Hall–Kier alpha value is -2.14. The molecular weight excluding hydrogens is 411 g/mol. The largest absolute Gasteiger partial charge is 0.416 e. The molecule has 2 amide bonds. The Morgan fingerprint density at radius 3 is 2.14 bits per heavy atom. The number of hydrogen-bond donors (Lipinski definition) is 1. The number of halogens is 3. The van der Waals surface area contributed by atoms with E-state index in [1.54, 1.807) is 0 Å². The monoisotopic (exact) mass is 433 g/mol. The molecule has 11 heteroatoms. The molecule has 1 aromatic carbocycles. The van der Waals surface area contributed by atoms with Crippen LogP contribution in [0.15, 0.2) is 29.2 Å². The van der Waals surface area contributed by atoms with Gasteiger partial charge in [0.05, 0.1) is 17.0 Å². The van der Waals surface area contributed by atoms with Crippen LogP contribution in [0.4, 0.5) is 13.2 Å². The number of rotatable bonds is 5. The topological polar surface area (TPSA) is 86.8 Å². The van der Waals surface area contributed by atoms with Crippen molar-refractivity contribution in [2.45, 2.75) is 24.4 Å². The third-order valence-electron chi connectivity index (χ3n) is 5.27. The van der Waals surface area contributed by atoms with Crippen molar-refractivity contribution in [3.63, 3.8) is 0 Å². The summed E-state index contributed by atoms with van der Waals surface area (Å²) in [5, 5.41) is 2.60. The molecule has 2 fully saturated rings. The van der Waals surface area contributed by atoms with E-state index in [2.05, 4.69) is 5.32 Å². The molecule has 2 unspecified atom stereocenters. The first-order valence-electron chi connectivity index (χ1n) is 9.23. The average Bonchev–Trinajstić information content (AvgIpc) is 3.42. The Labute approximate surface area is 166 Å². The molecule has 1 aromatic rings. The van der Waals surface area contributed by atoms with E-state index in [9.17, 15) is 31.2 Å². The number of alkyl halides is 3. The molecule has 7 nitrogen and oxygen atoms in total. The maximum atomic E-state index is 12.6. The highest BCUT2D eigenvalue weighted by atomic mass is 32.2. The van der Waals surface area contributed by atoms with Gasteiger partial charge in [-0.15, -0.1) is 0 Å². The lowest BCUT2D eigenvalue weighted by Crippen LogP contribution is -2.52. The van der Waals surface area contributed by atoms with Crippen LogP contribution in [0.2, 0.25) is 0 Å². The van der Waals surface area contributed by atoms with Gasteiger partial charge in [0.2, 0.25) is 21.8 Å². The maximum absolute atomic E-state index is 12.6. The molecule has 0 radical (unpaired) electrons. The highest BCUT2D eigenvalue weighted by Crippen LogP contribution is 2.37. The second kappa shape index (κ2) is 7.94. The number of benzene rings is 1. The van der Waals surface area contributed by atoms with Gasteiger partial charge in [0, 0.05) is 32.1 Å². The SMILES string of the molecule is CC1CC1C(=O)NCC(=O)N1CCN(S(=O)(=O)c2ccc(C(F)(F)F)cc2)CC1. The first-order valence-corrected chi connectivity index (χ1v) is 10.7.